The summed E-state index contributed by atoms with van der Waals surface area (Å²) in [5.41, 5.74) is -0.0214. The first-order valence-electron chi connectivity index (χ1n) is 8.86. The second-order valence-electron chi connectivity index (χ2n) is 6.81. The minimum absolute atomic E-state index is 0.271. The van der Waals surface area contributed by atoms with Crippen LogP contribution >= 0.6 is 0 Å². The van der Waals surface area contributed by atoms with E-state index in [-0.39, 0.29) is 5.91 Å². The normalized spacial score (nSPS) is 16.6. The summed E-state index contributed by atoms with van der Waals surface area (Å²) in [6, 6.07) is 8.76. The van der Waals surface area contributed by atoms with Crippen LogP contribution in [0.3, 0.4) is 0 Å². The Labute approximate surface area is 150 Å². The van der Waals surface area contributed by atoms with Gasteiger partial charge in [0.05, 0.1) is 6.33 Å². The fourth-order valence-electron chi connectivity index (χ4n) is 3.48. The van der Waals surface area contributed by atoms with Crippen molar-refractivity contribution in [3.8, 4) is 0 Å². The maximum Gasteiger partial charge on any atom is 0.434 e. The average Bonchev–Trinajstić information content (AvgIpc) is 3.29. The van der Waals surface area contributed by atoms with E-state index in [4.69, 9.17) is 0 Å². The molecule has 1 aromatic heterocycles. The zero-order valence-electron chi connectivity index (χ0n) is 14.4. The van der Waals surface area contributed by atoms with Gasteiger partial charge in [-0.05, 0) is 17.9 Å². The molecule has 26 heavy (non-hydrogen) atoms. The number of imidazole rings is 1. The van der Waals surface area contributed by atoms with E-state index >= 15 is 0 Å². The van der Waals surface area contributed by atoms with Gasteiger partial charge in [0.15, 0.2) is 5.69 Å². The van der Waals surface area contributed by atoms with Crippen LogP contribution < -0.4 is 5.32 Å². The lowest BCUT2D eigenvalue weighted by Gasteiger charge is -2.21. The van der Waals surface area contributed by atoms with E-state index in [1.807, 2.05) is 30.3 Å². The standard InChI is InChI=1S/C19H22F3N3O/c20-19(21,22)17-12-25(13-24-17)16(10-14-6-4-5-7-14)18(26)23-11-15-8-2-1-3-9-15/h1-3,8-9,12-14,16H,4-7,10-11H2,(H,23,26)/t16-/m0/s1. The summed E-state index contributed by atoms with van der Waals surface area (Å²) in [5.74, 6) is 0.0890. The number of carbonyl (C=O) groups excluding carboxylic acids is 1. The third kappa shape index (κ3) is 4.65. The van der Waals surface area contributed by atoms with Crippen molar-refractivity contribution in [1.29, 1.82) is 0 Å². The van der Waals surface area contributed by atoms with Gasteiger partial charge in [0.1, 0.15) is 6.04 Å². The van der Waals surface area contributed by atoms with Crippen molar-refractivity contribution in [1.82, 2.24) is 14.9 Å². The summed E-state index contributed by atoms with van der Waals surface area (Å²) in [4.78, 5) is 16.2. The highest BCUT2D eigenvalue weighted by Gasteiger charge is 2.35. The molecule has 1 amide bonds. The van der Waals surface area contributed by atoms with Gasteiger partial charge < -0.3 is 9.88 Å². The van der Waals surface area contributed by atoms with Gasteiger partial charge in [-0.3, -0.25) is 4.79 Å². The molecule has 4 nitrogen and oxygen atoms in total. The highest BCUT2D eigenvalue weighted by atomic mass is 19.4. The molecule has 1 heterocycles. The van der Waals surface area contributed by atoms with Crippen molar-refractivity contribution >= 4 is 5.91 Å². The maximum atomic E-state index is 12.9. The molecule has 0 saturated heterocycles. The molecule has 1 saturated carbocycles. The molecule has 0 aliphatic heterocycles. The van der Waals surface area contributed by atoms with Gasteiger partial charge in [0.2, 0.25) is 5.91 Å². The number of halogens is 3. The van der Waals surface area contributed by atoms with Crippen LogP contribution in [0.1, 0.15) is 49.4 Å². The molecule has 2 aromatic rings. The Morgan fingerprint density at radius 3 is 2.54 bits per heavy atom. The summed E-state index contributed by atoms with van der Waals surface area (Å²) in [5, 5.41) is 2.85. The quantitative estimate of drug-likeness (QED) is 0.828. The summed E-state index contributed by atoms with van der Waals surface area (Å²) in [6.07, 6.45) is 2.33. The van der Waals surface area contributed by atoms with E-state index < -0.39 is 17.9 Å². The number of hydrogen-bond acceptors (Lipinski definition) is 2. The molecule has 0 spiro atoms. The smallest absolute Gasteiger partial charge is 0.350 e. The number of rotatable bonds is 6. The molecule has 140 valence electrons. The highest BCUT2D eigenvalue weighted by Crippen LogP contribution is 2.33. The van der Waals surface area contributed by atoms with Crippen LogP contribution in [0.25, 0.3) is 0 Å². The SMILES string of the molecule is O=C(NCc1ccccc1)[C@H](CC1CCCC1)n1cnc(C(F)(F)F)c1. The molecule has 0 bridgehead atoms. The van der Waals surface area contributed by atoms with Crippen molar-refractivity contribution in [3.63, 3.8) is 0 Å². The minimum atomic E-state index is -4.51. The number of nitrogens with one attached hydrogen (secondary N) is 1. The molecule has 1 aromatic carbocycles. The number of nitrogens with zero attached hydrogens (tertiary/aromatic N) is 2. The molecule has 0 unspecified atom stereocenters. The van der Waals surface area contributed by atoms with Crippen LogP contribution in [0.5, 0.6) is 0 Å². The Bertz CT molecular complexity index is 721. The summed E-state index contributed by atoms with van der Waals surface area (Å²) in [7, 11) is 0. The van der Waals surface area contributed by atoms with Crippen molar-refractivity contribution in [2.45, 2.75) is 50.9 Å². The zero-order chi connectivity index (χ0) is 18.6. The lowest BCUT2D eigenvalue weighted by molar-refractivity contribution is -0.141. The van der Waals surface area contributed by atoms with Gasteiger partial charge in [0, 0.05) is 12.7 Å². The van der Waals surface area contributed by atoms with Gasteiger partial charge in [-0.2, -0.15) is 13.2 Å². The number of alkyl halides is 3. The highest BCUT2D eigenvalue weighted by molar-refractivity contribution is 5.80. The van der Waals surface area contributed by atoms with Crippen molar-refractivity contribution in [3.05, 3.63) is 54.1 Å². The Hall–Kier alpha value is -2.31. The second-order valence-corrected chi connectivity index (χ2v) is 6.81. The molecule has 7 heteroatoms. The van der Waals surface area contributed by atoms with Crippen molar-refractivity contribution in [2.75, 3.05) is 0 Å². The van der Waals surface area contributed by atoms with Gasteiger partial charge in [-0.1, -0.05) is 56.0 Å². The number of amides is 1. The van der Waals surface area contributed by atoms with Crippen LogP contribution in [-0.4, -0.2) is 15.5 Å². The average molecular weight is 365 g/mol. The van der Waals surface area contributed by atoms with E-state index in [0.717, 1.165) is 43.8 Å². The van der Waals surface area contributed by atoms with Crippen LogP contribution in [0.2, 0.25) is 0 Å². The molecule has 3 rings (SSSR count). The fourth-order valence-corrected chi connectivity index (χ4v) is 3.48. The Morgan fingerprint density at radius 2 is 1.92 bits per heavy atom. The molecular weight excluding hydrogens is 343 g/mol. The lowest BCUT2D eigenvalue weighted by Crippen LogP contribution is -2.33. The van der Waals surface area contributed by atoms with Crippen molar-refractivity contribution < 1.29 is 18.0 Å². The molecule has 1 fully saturated rings. The monoisotopic (exact) mass is 365 g/mol. The first-order chi connectivity index (χ1) is 12.4. The second kappa shape index (κ2) is 7.93. The topological polar surface area (TPSA) is 46.9 Å². The molecule has 1 aliphatic rings. The molecular formula is C19H22F3N3O. The predicted octanol–water partition coefficient (Wildman–Crippen LogP) is 4.34. The largest absolute Gasteiger partial charge is 0.434 e. The number of hydrogen-bond donors (Lipinski definition) is 1. The van der Waals surface area contributed by atoms with E-state index in [9.17, 15) is 18.0 Å². The zero-order valence-corrected chi connectivity index (χ0v) is 14.4. The number of benzene rings is 1. The summed E-state index contributed by atoms with van der Waals surface area (Å²) in [6.45, 7) is 0.349. The number of aromatic nitrogens is 2. The molecule has 1 atom stereocenters. The van der Waals surface area contributed by atoms with Crippen LogP contribution in [0.4, 0.5) is 13.2 Å². The fraction of sp³-hybridized carbons (Fsp3) is 0.474. The van der Waals surface area contributed by atoms with Gasteiger partial charge >= 0.3 is 6.18 Å². The Balaban J connectivity index is 1.73. The van der Waals surface area contributed by atoms with Crippen molar-refractivity contribution in [2.24, 2.45) is 5.92 Å². The maximum absolute atomic E-state index is 12.9. The van der Waals surface area contributed by atoms with Gasteiger partial charge in [-0.25, -0.2) is 4.98 Å². The predicted molar refractivity (Wildman–Crippen MR) is 91.1 cm³/mol. The Kier molecular flexibility index (Phi) is 5.64. The van der Waals surface area contributed by atoms with E-state index in [2.05, 4.69) is 10.3 Å². The Morgan fingerprint density at radius 1 is 1.23 bits per heavy atom. The third-order valence-electron chi connectivity index (χ3n) is 4.90. The molecule has 1 N–H and O–H groups in total. The lowest BCUT2D eigenvalue weighted by atomic mass is 9.97. The van der Waals surface area contributed by atoms with E-state index in [0.29, 0.717) is 18.9 Å². The van der Waals surface area contributed by atoms with Crippen LogP contribution in [0.15, 0.2) is 42.9 Å². The van der Waals surface area contributed by atoms with Gasteiger partial charge in [0.25, 0.3) is 0 Å². The summed E-state index contributed by atoms with van der Waals surface area (Å²) < 4.78 is 39.9. The van der Waals surface area contributed by atoms with E-state index in [1.54, 1.807) is 0 Å². The first kappa shape index (κ1) is 18.5. The number of carbonyl (C=O) groups is 1. The minimum Gasteiger partial charge on any atom is -0.350 e. The van der Waals surface area contributed by atoms with Crippen LogP contribution in [0, 0.1) is 5.92 Å². The van der Waals surface area contributed by atoms with Gasteiger partial charge in [-0.15, -0.1) is 0 Å². The molecule has 1 aliphatic carbocycles. The first-order valence-corrected chi connectivity index (χ1v) is 8.86. The summed E-state index contributed by atoms with van der Waals surface area (Å²) >= 11 is 0. The molecule has 0 radical (unpaired) electrons. The van der Waals surface area contributed by atoms with E-state index in [1.165, 1.54) is 4.57 Å². The van der Waals surface area contributed by atoms with Crippen LogP contribution in [-0.2, 0) is 17.5 Å². The third-order valence-corrected chi connectivity index (χ3v) is 4.90.